The van der Waals surface area contributed by atoms with Crippen molar-refractivity contribution >= 4 is 5.97 Å². The third kappa shape index (κ3) is 3.98. The zero-order valence-electron chi connectivity index (χ0n) is 7.37. The molecule has 0 aliphatic heterocycles. The fourth-order valence-corrected chi connectivity index (χ4v) is 0.882. The van der Waals surface area contributed by atoms with Crippen molar-refractivity contribution in [2.24, 2.45) is 17.6 Å². The summed E-state index contributed by atoms with van der Waals surface area (Å²) in [6, 6.07) is -0.215. The quantitative estimate of drug-likeness (QED) is 0.645. The highest BCUT2D eigenvalue weighted by Crippen LogP contribution is 2.14. The average molecular weight is 159 g/mol. The van der Waals surface area contributed by atoms with Gasteiger partial charge in [0.1, 0.15) is 0 Å². The number of carbonyl (C=O) groups is 1. The highest BCUT2D eigenvalue weighted by atomic mass is 16.4. The maximum absolute atomic E-state index is 10.3. The Morgan fingerprint density at radius 3 is 2.18 bits per heavy atom. The van der Waals surface area contributed by atoms with Crippen LogP contribution >= 0.6 is 0 Å². The van der Waals surface area contributed by atoms with Crippen LogP contribution in [0, 0.1) is 11.8 Å². The standard InChI is InChI=1S/C8H17NO2/c1-5(2)6(3)7(9)4-8(10)11/h5-7H,4,9H2,1-3H3,(H,10,11). The Labute approximate surface area is 67.6 Å². The first-order valence-corrected chi connectivity index (χ1v) is 3.92. The van der Waals surface area contributed by atoms with E-state index in [0.29, 0.717) is 5.92 Å². The predicted molar refractivity (Wildman–Crippen MR) is 44.2 cm³/mol. The van der Waals surface area contributed by atoms with Gasteiger partial charge in [0.15, 0.2) is 0 Å². The average Bonchev–Trinajstić information content (AvgIpc) is 1.84. The SMILES string of the molecule is CC(C)C(C)C(N)CC(=O)O. The first-order valence-electron chi connectivity index (χ1n) is 3.92. The molecule has 0 amide bonds. The Balaban J connectivity index is 3.82. The number of rotatable bonds is 4. The van der Waals surface area contributed by atoms with Crippen LogP contribution in [0.3, 0.4) is 0 Å². The molecule has 0 aliphatic carbocycles. The van der Waals surface area contributed by atoms with Crippen molar-refractivity contribution in [1.29, 1.82) is 0 Å². The molecule has 3 N–H and O–H groups in total. The molecule has 0 saturated carbocycles. The lowest BCUT2D eigenvalue weighted by Gasteiger charge is -2.21. The number of carboxylic acid groups (broad SMARTS) is 1. The maximum Gasteiger partial charge on any atom is 0.304 e. The van der Waals surface area contributed by atoms with Crippen LogP contribution in [-0.4, -0.2) is 17.1 Å². The van der Waals surface area contributed by atoms with Gasteiger partial charge in [-0.3, -0.25) is 4.79 Å². The third-order valence-electron chi connectivity index (χ3n) is 2.14. The zero-order chi connectivity index (χ0) is 9.02. The number of aliphatic carboxylic acids is 1. The van der Waals surface area contributed by atoms with Crippen molar-refractivity contribution in [3.63, 3.8) is 0 Å². The van der Waals surface area contributed by atoms with Crippen molar-refractivity contribution < 1.29 is 9.90 Å². The summed E-state index contributed by atoms with van der Waals surface area (Å²) in [5, 5.41) is 8.43. The molecule has 2 unspecified atom stereocenters. The molecule has 0 radical (unpaired) electrons. The van der Waals surface area contributed by atoms with E-state index in [9.17, 15) is 4.79 Å². The van der Waals surface area contributed by atoms with Gasteiger partial charge in [0.05, 0.1) is 6.42 Å². The minimum absolute atomic E-state index is 0.0688. The van der Waals surface area contributed by atoms with Crippen LogP contribution in [0.15, 0.2) is 0 Å². The number of hydrogen-bond acceptors (Lipinski definition) is 2. The van der Waals surface area contributed by atoms with Crippen LogP contribution in [0.1, 0.15) is 27.2 Å². The Hall–Kier alpha value is -0.570. The van der Waals surface area contributed by atoms with E-state index in [1.54, 1.807) is 0 Å². The fraction of sp³-hybridized carbons (Fsp3) is 0.875. The summed E-state index contributed by atoms with van der Waals surface area (Å²) in [7, 11) is 0. The summed E-state index contributed by atoms with van der Waals surface area (Å²) in [5.74, 6) is -0.0968. The number of hydrogen-bond donors (Lipinski definition) is 2. The second-order valence-corrected chi connectivity index (χ2v) is 3.36. The minimum Gasteiger partial charge on any atom is -0.481 e. The van der Waals surface area contributed by atoms with Gasteiger partial charge in [0.2, 0.25) is 0 Å². The van der Waals surface area contributed by atoms with E-state index in [1.807, 2.05) is 20.8 Å². The van der Waals surface area contributed by atoms with E-state index in [0.717, 1.165) is 0 Å². The molecule has 0 rings (SSSR count). The molecule has 2 atom stereocenters. The normalized spacial score (nSPS) is 16.5. The number of carboxylic acids is 1. The summed E-state index contributed by atoms with van der Waals surface area (Å²) in [5.41, 5.74) is 5.64. The van der Waals surface area contributed by atoms with Gasteiger partial charge in [-0.2, -0.15) is 0 Å². The Morgan fingerprint density at radius 1 is 1.45 bits per heavy atom. The first kappa shape index (κ1) is 10.4. The topological polar surface area (TPSA) is 63.3 Å². The van der Waals surface area contributed by atoms with E-state index in [4.69, 9.17) is 10.8 Å². The van der Waals surface area contributed by atoms with Gasteiger partial charge in [-0.1, -0.05) is 20.8 Å². The summed E-state index contributed by atoms with van der Waals surface area (Å²) >= 11 is 0. The summed E-state index contributed by atoms with van der Waals surface area (Å²) in [6.45, 7) is 6.08. The molecule has 3 nitrogen and oxygen atoms in total. The molecular weight excluding hydrogens is 142 g/mol. The molecule has 0 fully saturated rings. The van der Waals surface area contributed by atoms with E-state index in [-0.39, 0.29) is 18.4 Å². The lowest BCUT2D eigenvalue weighted by Crippen LogP contribution is -2.33. The second kappa shape index (κ2) is 4.34. The van der Waals surface area contributed by atoms with Crippen molar-refractivity contribution in [3.05, 3.63) is 0 Å². The third-order valence-corrected chi connectivity index (χ3v) is 2.14. The van der Waals surface area contributed by atoms with E-state index < -0.39 is 5.97 Å². The lowest BCUT2D eigenvalue weighted by molar-refractivity contribution is -0.137. The van der Waals surface area contributed by atoms with Gasteiger partial charge >= 0.3 is 5.97 Å². The smallest absolute Gasteiger partial charge is 0.304 e. The van der Waals surface area contributed by atoms with Gasteiger partial charge in [-0.05, 0) is 11.8 Å². The molecular formula is C8H17NO2. The molecule has 0 aliphatic rings. The lowest BCUT2D eigenvalue weighted by atomic mass is 9.89. The van der Waals surface area contributed by atoms with Gasteiger partial charge in [0.25, 0.3) is 0 Å². The summed E-state index contributed by atoms with van der Waals surface area (Å²) in [6.07, 6.45) is 0.0688. The van der Waals surface area contributed by atoms with Crippen LogP contribution in [0.25, 0.3) is 0 Å². The van der Waals surface area contributed by atoms with Gasteiger partial charge in [-0.25, -0.2) is 0 Å². The zero-order valence-corrected chi connectivity index (χ0v) is 7.37. The van der Waals surface area contributed by atoms with E-state index >= 15 is 0 Å². The molecule has 0 saturated heterocycles. The summed E-state index contributed by atoms with van der Waals surface area (Å²) in [4.78, 5) is 10.3. The van der Waals surface area contributed by atoms with Gasteiger partial charge in [0, 0.05) is 6.04 Å². The van der Waals surface area contributed by atoms with Crippen molar-refractivity contribution in [1.82, 2.24) is 0 Å². The van der Waals surface area contributed by atoms with Crippen LogP contribution in [-0.2, 0) is 4.79 Å². The van der Waals surface area contributed by atoms with Crippen molar-refractivity contribution in [2.75, 3.05) is 0 Å². The van der Waals surface area contributed by atoms with Crippen LogP contribution in [0.4, 0.5) is 0 Å². The molecule has 3 heteroatoms. The van der Waals surface area contributed by atoms with Gasteiger partial charge in [-0.15, -0.1) is 0 Å². The molecule has 0 bridgehead atoms. The fourth-order valence-electron chi connectivity index (χ4n) is 0.882. The summed E-state index contributed by atoms with van der Waals surface area (Å²) < 4.78 is 0. The Kier molecular flexibility index (Phi) is 4.11. The van der Waals surface area contributed by atoms with Crippen molar-refractivity contribution in [3.8, 4) is 0 Å². The molecule has 0 aromatic carbocycles. The second-order valence-electron chi connectivity index (χ2n) is 3.36. The molecule has 11 heavy (non-hydrogen) atoms. The predicted octanol–water partition coefficient (Wildman–Crippen LogP) is 1.08. The van der Waals surface area contributed by atoms with Crippen molar-refractivity contribution in [2.45, 2.75) is 33.2 Å². The Morgan fingerprint density at radius 2 is 1.91 bits per heavy atom. The van der Waals surface area contributed by atoms with Crippen LogP contribution < -0.4 is 5.73 Å². The molecule has 0 heterocycles. The Bertz CT molecular complexity index is 134. The van der Waals surface area contributed by atoms with Crippen LogP contribution in [0.2, 0.25) is 0 Å². The van der Waals surface area contributed by atoms with Gasteiger partial charge < -0.3 is 10.8 Å². The highest BCUT2D eigenvalue weighted by Gasteiger charge is 2.18. The molecule has 0 aromatic heterocycles. The highest BCUT2D eigenvalue weighted by molar-refractivity contribution is 5.67. The monoisotopic (exact) mass is 159 g/mol. The largest absolute Gasteiger partial charge is 0.481 e. The maximum atomic E-state index is 10.3. The van der Waals surface area contributed by atoms with E-state index in [1.165, 1.54) is 0 Å². The van der Waals surface area contributed by atoms with Crippen LogP contribution in [0.5, 0.6) is 0 Å². The number of nitrogens with two attached hydrogens (primary N) is 1. The first-order chi connectivity index (χ1) is 4.95. The molecule has 66 valence electrons. The minimum atomic E-state index is -0.815. The molecule has 0 aromatic rings. The molecule has 0 spiro atoms. The van der Waals surface area contributed by atoms with E-state index in [2.05, 4.69) is 0 Å².